The molecule has 0 aromatic carbocycles. The Hall–Kier alpha value is -1.84. The lowest BCUT2D eigenvalue weighted by molar-refractivity contribution is 0.756. The van der Waals surface area contributed by atoms with E-state index in [4.69, 9.17) is 0 Å². The summed E-state index contributed by atoms with van der Waals surface area (Å²) in [5.41, 5.74) is 3.36. The summed E-state index contributed by atoms with van der Waals surface area (Å²) in [6, 6.07) is 3.90. The summed E-state index contributed by atoms with van der Waals surface area (Å²) in [6.45, 7) is 2.81. The molecule has 0 aliphatic rings. The minimum Gasteiger partial charge on any atom is -0.381 e. The Labute approximate surface area is 89.0 Å². The van der Waals surface area contributed by atoms with Crippen LogP contribution < -0.4 is 5.32 Å². The number of hydrogen-bond donors (Lipinski definition) is 1. The molecule has 2 rings (SSSR count). The second kappa shape index (κ2) is 4.13. The molecule has 0 atom stereocenters. The van der Waals surface area contributed by atoms with E-state index in [0.717, 1.165) is 17.9 Å². The Kier molecular flexibility index (Phi) is 2.67. The number of hydrogen-bond acceptors (Lipinski definition) is 3. The molecule has 0 spiro atoms. The Balaban J connectivity index is 2.02. The van der Waals surface area contributed by atoms with Crippen molar-refractivity contribution in [2.24, 2.45) is 7.05 Å². The van der Waals surface area contributed by atoms with Crippen molar-refractivity contribution >= 4 is 5.69 Å². The van der Waals surface area contributed by atoms with Gasteiger partial charge in [0.1, 0.15) is 0 Å². The van der Waals surface area contributed by atoms with Crippen molar-refractivity contribution in [3.05, 3.63) is 42.0 Å². The Morgan fingerprint density at radius 1 is 1.33 bits per heavy atom. The number of pyridine rings is 1. The van der Waals surface area contributed by atoms with E-state index in [1.807, 2.05) is 37.0 Å². The fraction of sp³-hybridized carbons (Fsp3) is 0.273. The van der Waals surface area contributed by atoms with Crippen molar-refractivity contribution in [2.45, 2.75) is 13.5 Å². The van der Waals surface area contributed by atoms with E-state index < -0.39 is 0 Å². The summed E-state index contributed by atoms with van der Waals surface area (Å²) < 4.78 is 1.83. The van der Waals surface area contributed by atoms with Gasteiger partial charge in [-0.15, -0.1) is 0 Å². The topological polar surface area (TPSA) is 42.7 Å². The number of anilines is 1. The van der Waals surface area contributed by atoms with Gasteiger partial charge in [0.25, 0.3) is 0 Å². The third kappa shape index (κ3) is 2.34. The van der Waals surface area contributed by atoms with Gasteiger partial charge in [0, 0.05) is 43.4 Å². The van der Waals surface area contributed by atoms with E-state index in [9.17, 15) is 0 Å². The molecule has 4 nitrogen and oxygen atoms in total. The molecule has 15 heavy (non-hydrogen) atoms. The zero-order valence-electron chi connectivity index (χ0n) is 8.94. The van der Waals surface area contributed by atoms with Crippen molar-refractivity contribution < 1.29 is 0 Å². The third-order valence-electron chi connectivity index (χ3n) is 2.28. The zero-order valence-corrected chi connectivity index (χ0v) is 8.94. The van der Waals surface area contributed by atoms with Gasteiger partial charge in [0.15, 0.2) is 0 Å². The molecule has 0 aliphatic heterocycles. The number of nitrogens with one attached hydrogen (secondary N) is 1. The average Bonchev–Trinajstić information content (AvgIpc) is 2.56. The monoisotopic (exact) mass is 202 g/mol. The van der Waals surface area contributed by atoms with Crippen LogP contribution in [0.1, 0.15) is 11.3 Å². The SMILES string of the molecule is Cc1nn(C)cc1CNc1ccncc1. The fourth-order valence-electron chi connectivity index (χ4n) is 1.49. The molecule has 0 aliphatic carbocycles. The van der Waals surface area contributed by atoms with Gasteiger partial charge in [-0.1, -0.05) is 0 Å². The predicted octanol–water partition coefficient (Wildman–Crippen LogP) is 1.74. The minimum atomic E-state index is 0.795. The minimum absolute atomic E-state index is 0.795. The highest BCUT2D eigenvalue weighted by Gasteiger charge is 2.01. The molecular weight excluding hydrogens is 188 g/mol. The average molecular weight is 202 g/mol. The van der Waals surface area contributed by atoms with Gasteiger partial charge in [-0.3, -0.25) is 9.67 Å². The number of aromatic nitrogens is 3. The summed E-state index contributed by atoms with van der Waals surface area (Å²) in [5.74, 6) is 0. The van der Waals surface area contributed by atoms with Crippen LogP contribution >= 0.6 is 0 Å². The van der Waals surface area contributed by atoms with Crippen LogP contribution in [0.3, 0.4) is 0 Å². The predicted molar refractivity (Wildman–Crippen MR) is 59.5 cm³/mol. The largest absolute Gasteiger partial charge is 0.381 e. The van der Waals surface area contributed by atoms with Crippen LogP contribution in [-0.4, -0.2) is 14.8 Å². The maximum Gasteiger partial charge on any atom is 0.0643 e. The van der Waals surface area contributed by atoms with Gasteiger partial charge >= 0.3 is 0 Å². The first kappa shape index (κ1) is 9.71. The molecule has 4 heteroatoms. The van der Waals surface area contributed by atoms with Gasteiger partial charge in [-0.25, -0.2) is 0 Å². The molecule has 0 saturated carbocycles. The van der Waals surface area contributed by atoms with Crippen molar-refractivity contribution in [2.75, 3.05) is 5.32 Å². The lowest BCUT2D eigenvalue weighted by atomic mass is 10.2. The maximum absolute atomic E-state index is 4.29. The van der Waals surface area contributed by atoms with Crippen LogP contribution in [0.5, 0.6) is 0 Å². The summed E-state index contributed by atoms with van der Waals surface area (Å²) in [6.07, 6.45) is 5.58. The van der Waals surface area contributed by atoms with E-state index >= 15 is 0 Å². The van der Waals surface area contributed by atoms with Crippen LogP contribution in [-0.2, 0) is 13.6 Å². The Bertz CT molecular complexity index is 433. The summed E-state index contributed by atoms with van der Waals surface area (Å²) in [4.78, 5) is 3.97. The molecule has 0 bridgehead atoms. The van der Waals surface area contributed by atoms with E-state index in [-0.39, 0.29) is 0 Å². The lowest BCUT2D eigenvalue weighted by Crippen LogP contribution is -1.99. The standard InChI is InChI=1S/C11H14N4/c1-9-10(8-15(2)14-9)7-13-11-3-5-12-6-4-11/h3-6,8H,7H2,1-2H3,(H,12,13). The molecule has 2 aromatic rings. The second-order valence-electron chi connectivity index (χ2n) is 3.50. The highest BCUT2D eigenvalue weighted by atomic mass is 15.2. The van der Waals surface area contributed by atoms with Crippen LogP contribution in [0.25, 0.3) is 0 Å². The molecule has 0 saturated heterocycles. The summed E-state index contributed by atoms with van der Waals surface area (Å²) in [5, 5.41) is 7.61. The van der Waals surface area contributed by atoms with Gasteiger partial charge in [-0.2, -0.15) is 5.10 Å². The van der Waals surface area contributed by atoms with Gasteiger partial charge in [0.2, 0.25) is 0 Å². The van der Waals surface area contributed by atoms with E-state index in [0.29, 0.717) is 0 Å². The summed E-state index contributed by atoms with van der Waals surface area (Å²) in [7, 11) is 1.93. The highest BCUT2D eigenvalue weighted by molar-refractivity contribution is 5.41. The number of rotatable bonds is 3. The normalized spacial score (nSPS) is 10.3. The first-order valence-electron chi connectivity index (χ1n) is 4.89. The molecule has 2 heterocycles. The van der Waals surface area contributed by atoms with Crippen LogP contribution in [0.15, 0.2) is 30.7 Å². The lowest BCUT2D eigenvalue weighted by Gasteiger charge is -2.03. The van der Waals surface area contributed by atoms with Crippen LogP contribution in [0.2, 0.25) is 0 Å². The highest BCUT2D eigenvalue weighted by Crippen LogP contribution is 2.09. The van der Waals surface area contributed by atoms with Crippen molar-refractivity contribution in [3.63, 3.8) is 0 Å². The van der Waals surface area contributed by atoms with Gasteiger partial charge < -0.3 is 5.32 Å². The van der Waals surface area contributed by atoms with Gasteiger partial charge in [-0.05, 0) is 19.1 Å². The van der Waals surface area contributed by atoms with Crippen molar-refractivity contribution in [1.82, 2.24) is 14.8 Å². The molecule has 0 fully saturated rings. The first-order chi connectivity index (χ1) is 7.25. The zero-order chi connectivity index (χ0) is 10.7. The van der Waals surface area contributed by atoms with E-state index in [1.165, 1.54) is 5.56 Å². The van der Waals surface area contributed by atoms with E-state index in [1.54, 1.807) is 12.4 Å². The third-order valence-corrected chi connectivity index (χ3v) is 2.28. The van der Waals surface area contributed by atoms with Gasteiger partial charge in [0.05, 0.1) is 5.69 Å². The molecule has 1 N–H and O–H groups in total. The smallest absolute Gasteiger partial charge is 0.0643 e. The second-order valence-corrected chi connectivity index (χ2v) is 3.50. The maximum atomic E-state index is 4.29. The molecule has 78 valence electrons. The summed E-state index contributed by atoms with van der Waals surface area (Å²) >= 11 is 0. The molecule has 0 amide bonds. The number of nitrogens with zero attached hydrogens (tertiary/aromatic N) is 3. The fourth-order valence-corrected chi connectivity index (χ4v) is 1.49. The molecule has 2 aromatic heterocycles. The quantitative estimate of drug-likeness (QED) is 0.824. The number of aryl methyl sites for hydroxylation is 2. The Morgan fingerprint density at radius 3 is 2.67 bits per heavy atom. The van der Waals surface area contributed by atoms with Crippen LogP contribution in [0, 0.1) is 6.92 Å². The molecular formula is C11H14N4. The molecule has 0 radical (unpaired) electrons. The van der Waals surface area contributed by atoms with E-state index in [2.05, 4.69) is 15.4 Å². The van der Waals surface area contributed by atoms with Crippen molar-refractivity contribution in [1.29, 1.82) is 0 Å². The Morgan fingerprint density at radius 2 is 2.07 bits per heavy atom. The van der Waals surface area contributed by atoms with Crippen molar-refractivity contribution in [3.8, 4) is 0 Å². The van der Waals surface area contributed by atoms with Crippen LogP contribution in [0.4, 0.5) is 5.69 Å². The molecule has 0 unspecified atom stereocenters. The first-order valence-corrected chi connectivity index (χ1v) is 4.89.